The van der Waals surface area contributed by atoms with Crippen LogP contribution in [0.15, 0.2) is 54.0 Å². The molecular formula is C17H12F2N2OS. The molecule has 0 spiro atoms. The smallest absolute Gasteiger partial charge is 0.253 e. The van der Waals surface area contributed by atoms with Gasteiger partial charge in [0.05, 0.1) is 16.1 Å². The van der Waals surface area contributed by atoms with E-state index in [9.17, 15) is 13.6 Å². The van der Waals surface area contributed by atoms with Gasteiger partial charge in [-0.05, 0) is 29.6 Å². The van der Waals surface area contributed by atoms with Crippen molar-refractivity contribution in [2.45, 2.75) is 6.54 Å². The van der Waals surface area contributed by atoms with Crippen molar-refractivity contribution in [2.24, 2.45) is 0 Å². The molecule has 0 aliphatic heterocycles. The van der Waals surface area contributed by atoms with Crippen molar-refractivity contribution < 1.29 is 13.6 Å². The number of thiophene rings is 1. The molecule has 0 saturated carbocycles. The third kappa shape index (κ3) is 3.60. The van der Waals surface area contributed by atoms with Crippen molar-refractivity contribution in [1.82, 2.24) is 10.3 Å². The molecule has 0 aliphatic carbocycles. The monoisotopic (exact) mass is 330 g/mol. The van der Waals surface area contributed by atoms with Crippen molar-refractivity contribution in [2.75, 3.05) is 0 Å². The Hall–Kier alpha value is -2.60. The first-order chi connectivity index (χ1) is 11.1. The molecule has 1 aromatic carbocycles. The molecule has 23 heavy (non-hydrogen) atoms. The molecule has 0 aliphatic rings. The van der Waals surface area contributed by atoms with E-state index in [1.165, 1.54) is 12.3 Å². The summed E-state index contributed by atoms with van der Waals surface area (Å²) in [6.07, 6.45) is 1.48. The van der Waals surface area contributed by atoms with Crippen LogP contribution in [0.3, 0.4) is 0 Å². The van der Waals surface area contributed by atoms with Gasteiger partial charge >= 0.3 is 0 Å². The van der Waals surface area contributed by atoms with Crippen molar-refractivity contribution >= 4 is 17.2 Å². The second kappa shape index (κ2) is 6.66. The average molecular weight is 330 g/mol. The number of carbonyl (C=O) groups is 1. The highest BCUT2D eigenvalue weighted by atomic mass is 32.1. The number of halogens is 2. The van der Waals surface area contributed by atoms with Crippen LogP contribution in [0.5, 0.6) is 0 Å². The lowest BCUT2D eigenvalue weighted by Crippen LogP contribution is -2.23. The van der Waals surface area contributed by atoms with Crippen molar-refractivity contribution in [1.29, 1.82) is 0 Å². The molecule has 3 nitrogen and oxygen atoms in total. The number of hydrogen-bond donors (Lipinski definition) is 1. The first-order valence-electron chi connectivity index (χ1n) is 6.85. The fraction of sp³-hybridized carbons (Fsp3) is 0.0588. The van der Waals surface area contributed by atoms with Crippen LogP contribution in [0.1, 0.15) is 15.9 Å². The molecular weight excluding hydrogens is 318 g/mol. The van der Waals surface area contributed by atoms with Crippen LogP contribution in [-0.4, -0.2) is 10.9 Å². The highest BCUT2D eigenvalue weighted by molar-refractivity contribution is 7.13. The van der Waals surface area contributed by atoms with Gasteiger partial charge in [-0.1, -0.05) is 12.1 Å². The van der Waals surface area contributed by atoms with Gasteiger partial charge in [0.15, 0.2) is 0 Å². The molecule has 1 amide bonds. The standard InChI is InChI=1S/C17H12F2N2OS/c18-13-5-3-11(14(19)8-13)9-21-17(22)12-4-6-15(20-10-12)16-2-1-7-23-16/h1-8,10H,9H2,(H,21,22). The fourth-order valence-corrected chi connectivity index (χ4v) is 2.74. The largest absolute Gasteiger partial charge is 0.348 e. The third-order valence-corrected chi connectivity index (χ3v) is 4.15. The number of nitrogens with zero attached hydrogens (tertiary/aromatic N) is 1. The molecule has 1 N–H and O–H groups in total. The van der Waals surface area contributed by atoms with Crippen LogP contribution in [0.4, 0.5) is 8.78 Å². The zero-order valence-electron chi connectivity index (χ0n) is 11.9. The molecule has 116 valence electrons. The Labute approximate surface area is 135 Å². The maximum atomic E-state index is 13.5. The molecule has 0 radical (unpaired) electrons. The van der Waals surface area contributed by atoms with E-state index in [0.29, 0.717) is 5.56 Å². The maximum absolute atomic E-state index is 13.5. The maximum Gasteiger partial charge on any atom is 0.253 e. The van der Waals surface area contributed by atoms with Crippen molar-refractivity contribution in [3.8, 4) is 10.6 Å². The summed E-state index contributed by atoms with van der Waals surface area (Å²) < 4.78 is 26.3. The van der Waals surface area contributed by atoms with Gasteiger partial charge in [-0.2, -0.15) is 0 Å². The van der Waals surface area contributed by atoms with E-state index < -0.39 is 11.6 Å². The van der Waals surface area contributed by atoms with Crippen LogP contribution in [-0.2, 0) is 6.54 Å². The number of rotatable bonds is 4. The molecule has 2 heterocycles. The quantitative estimate of drug-likeness (QED) is 0.785. The third-order valence-electron chi connectivity index (χ3n) is 3.25. The zero-order valence-corrected chi connectivity index (χ0v) is 12.7. The summed E-state index contributed by atoms with van der Waals surface area (Å²) in [5, 5.41) is 4.54. The second-order valence-electron chi connectivity index (χ2n) is 4.83. The Morgan fingerprint density at radius 3 is 2.70 bits per heavy atom. The van der Waals surface area contributed by atoms with Crippen LogP contribution in [0, 0.1) is 11.6 Å². The van der Waals surface area contributed by atoms with E-state index in [-0.39, 0.29) is 18.0 Å². The Morgan fingerprint density at radius 1 is 1.17 bits per heavy atom. The Bertz CT molecular complexity index is 817. The van der Waals surface area contributed by atoms with Gasteiger partial charge in [0.25, 0.3) is 5.91 Å². The molecule has 0 saturated heterocycles. The summed E-state index contributed by atoms with van der Waals surface area (Å²) in [7, 11) is 0. The number of benzene rings is 1. The Balaban J connectivity index is 1.66. The SMILES string of the molecule is O=C(NCc1ccc(F)cc1F)c1ccc(-c2cccs2)nc1. The average Bonchev–Trinajstić information content (AvgIpc) is 3.08. The minimum absolute atomic E-state index is 0.0162. The molecule has 0 atom stereocenters. The molecule has 2 aromatic heterocycles. The first-order valence-corrected chi connectivity index (χ1v) is 7.73. The normalized spacial score (nSPS) is 10.5. The van der Waals surface area contributed by atoms with Gasteiger partial charge in [0, 0.05) is 24.4 Å². The number of hydrogen-bond acceptors (Lipinski definition) is 3. The lowest BCUT2D eigenvalue weighted by atomic mass is 10.2. The second-order valence-corrected chi connectivity index (χ2v) is 5.78. The summed E-state index contributed by atoms with van der Waals surface area (Å²) in [6.45, 7) is -0.0162. The van der Waals surface area contributed by atoms with Gasteiger partial charge in [-0.25, -0.2) is 8.78 Å². The van der Waals surface area contributed by atoms with Gasteiger partial charge in [0.1, 0.15) is 11.6 Å². The van der Waals surface area contributed by atoms with Gasteiger partial charge in [0.2, 0.25) is 0 Å². The summed E-state index contributed by atoms with van der Waals surface area (Å²) >= 11 is 1.57. The number of amides is 1. The predicted octanol–water partition coefficient (Wildman–Crippen LogP) is 4.02. The number of pyridine rings is 1. The number of carbonyl (C=O) groups excluding carboxylic acids is 1. The highest BCUT2D eigenvalue weighted by Crippen LogP contribution is 2.22. The fourth-order valence-electron chi connectivity index (χ4n) is 2.04. The summed E-state index contributed by atoms with van der Waals surface area (Å²) in [4.78, 5) is 17.3. The topological polar surface area (TPSA) is 42.0 Å². The minimum Gasteiger partial charge on any atom is -0.348 e. The summed E-state index contributed by atoms with van der Waals surface area (Å²) in [6, 6.07) is 10.6. The van der Waals surface area contributed by atoms with Crippen LogP contribution < -0.4 is 5.32 Å². The first kappa shape index (κ1) is 15.3. The lowest BCUT2D eigenvalue weighted by Gasteiger charge is -2.07. The van der Waals surface area contributed by atoms with Crippen LogP contribution >= 0.6 is 11.3 Å². The van der Waals surface area contributed by atoms with E-state index in [2.05, 4.69) is 10.3 Å². The van der Waals surface area contributed by atoms with E-state index in [0.717, 1.165) is 22.7 Å². The minimum atomic E-state index is -0.684. The van der Waals surface area contributed by atoms with E-state index in [1.807, 2.05) is 17.5 Å². The molecule has 3 aromatic rings. The Morgan fingerprint density at radius 2 is 2.04 bits per heavy atom. The van der Waals surface area contributed by atoms with Crippen LogP contribution in [0.25, 0.3) is 10.6 Å². The summed E-state index contributed by atoms with van der Waals surface area (Å²) in [5.41, 5.74) is 1.40. The van der Waals surface area contributed by atoms with E-state index >= 15 is 0 Å². The zero-order chi connectivity index (χ0) is 16.2. The van der Waals surface area contributed by atoms with E-state index in [4.69, 9.17) is 0 Å². The molecule has 0 bridgehead atoms. The van der Waals surface area contributed by atoms with Gasteiger partial charge in [-0.15, -0.1) is 11.3 Å². The molecule has 0 unspecified atom stereocenters. The van der Waals surface area contributed by atoms with Crippen molar-refractivity contribution in [3.05, 3.63) is 76.8 Å². The predicted molar refractivity (Wildman–Crippen MR) is 85.1 cm³/mol. The molecule has 6 heteroatoms. The Kier molecular flexibility index (Phi) is 4.43. The highest BCUT2D eigenvalue weighted by Gasteiger charge is 2.09. The summed E-state index contributed by atoms with van der Waals surface area (Å²) in [5.74, 6) is -1.69. The van der Waals surface area contributed by atoms with Gasteiger partial charge < -0.3 is 5.32 Å². The van der Waals surface area contributed by atoms with Crippen LogP contribution in [0.2, 0.25) is 0 Å². The lowest BCUT2D eigenvalue weighted by molar-refractivity contribution is 0.0950. The van der Waals surface area contributed by atoms with E-state index in [1.54, 1.807) is 23.5 Å². The van der Waals surface area contributed by atoms with Gasteiger partial charge in [-0.3, -0.25) is 9.78 Å². The molecule has 3 rings (SSSR count). The number of nitrogens with one attached hydrogen (secondary N) is 1. The number of aromatic nitrogens is 1. The van der Waals surface area contributed by atoms with Crippen molar-refractivity contribution in [3.63, 3.8) is 0 Å². The molecule has 0 fully saturated rings.